The van der Waals surface area contributed by atoms with Crippen LogP contribution in [0.15, 0.2) is 12.2 Å². The van der Waals surface area contributed by atoms with E-state index < -0.39 is 11.6 Å². The Hall–Kier alpha value is -1.32. The standard InChI is InChI=1S/C9H13NO3/c1-4-5-7(11)10-8(12)13-6-9(10,2)3/h4-5H,6H2,1-3H3. The lowest BCUT2D eigenvalue weighted by Gasteiger charge is -2.24. The highest BCUT2D eigenvalue weighted by Crippen LogP contribution is 2.23. The SMILES string of the molecule is CC=CC(=O)N1C(=O)OCC1(C)C. The molecule has 1 heterocycles. The number of rotatable bonds is 1. The molecule has 0 spiro atoms. The second-order valence-corrected chi connectivity index (χ2v) is 3.54. The number of amides is 2. The van der Waals surface area contributed by atoms with Gasteiger partial charge in [0.1, 0.15) is 6.61 Å². The summed E-state index contributed by atoms with van der Waals surface area (Å²) in [7, 11) is 0. The van der Waals surface area contributed by atoms with Crippen molar-refractivity contribution in [3.63, 3.8) is 0 Å². The Morgan fingerprint density at radius 2 is 2.23 bits per heavy atom. The number of allylic oxidation sites excluding steroid dienone is 1. The summed E-state index contributed by atoms with van der Waals surface area (Å²) in [5, 5.41) is 0. The van der Waals surface area contributed by atoms with Gasteiger partial charge in [-0.2, -0.15) is 0 Å². The number of carbonyl (C=O) groups excluding carboxylic acids is 2. The van der Waals surface area contributed by atoms with Crippen molar-refractivity contribution in [2.24, 2.45) is 0 Å². The lowest BCUT2D eigenvalue weighted by molar-refractivity contribution is -0.125. The van der Waals surface area contributed by atoms with Gasteiger partial charge in [0.05, 0.1) is 5.54 Å². The van der Waals surface area contributed by atoms with Crippen molar-refractivity contribution >= 4 is 12.0 Å². The molecule has 0 aromatic rings. The first-order valence-electron chi connectivity index (χ1n) is 4.12. The lowest BCUT2D eigenvalue weighted by Crippen LogP contribution is -2.45. The summed E-state index contributed by atoms with van der Waals surface area (Å²) < 4.78 is 4.78. The van der Waals surface area contributed by atoms with Crippen molar-refractivity contribution in [1.29, 1.82) is 0 Å². The average molecular weight is 183 g/mol. The molecule has 0 saturated carbocycles. The molecule has 0 bridgehead atoms. The van der Waals surface area contributed by atoms with E-state index in [4.69, 9.17) is 4.74 Å². The minimum atomic E-state index is -0.562. The Labute approximate surface area is 77.2 Å². The summed E-state index contributed by atoms with van der Waals surface area (Å²) in [4.78, 5) is 23.7. The van der Waals surface area contributed by atoms with E-state index in [2.05, 4.69) is 0 Å². The number of cyclic esters (lactones) is 1. The summed E-state index contributed by atoms with van der Waals surface area (Å²) in [6.07, 6.45) is 2.39. The monoisotopic (exact) mass is 183 g/mol. The first-order chi connectivity index (χ1) is 5.99. The predicted octanol–water partition coefficient (Wildman–Crippen LogP) is 1.32. The quantitative estimate of drug-likeness (QED) is 0.576. The fourth-order valence-electron chi connectivity index (χ4n) is 1.22. The number of nitrogens with zero attached hydrogens (tertiary/aromatic N) is 1. The van der Waals surface area contributed by atoms with Gasteiger partial charge in [0.15, 0.2) is 0 Å². The van der Waals surface area contributed by atoms with Crippen molar-refractivity contribution in [2.75, 3.05) is 6.61 Å². The fraction of sp³-hybridized carbons (Fsp3) is 0.556. The van der Waals surface area contributed by atoms with Gasteiger partial charge in [-0.25, -0.2) is 9.69 Å². The first kappa shape index (κ1) is 9.77. The van der Waals surface area contributed by atoms with Gasteiger partial charge in [0.2, 0.25) is 0 Å². The Morgan fingerprint density at radius 3 is 2.62 bits per heavy atom. The number of ether oxygens (including phenoxy) is 1. The van der Waals surface area contributed by atoms with Crippen LogP contribution in [0.5, 0.6) is 0 Å². The van der Waals surface area contributed by atoms with Crippen LogP contribution in [0, 0.1) is 0 Å². The maximum Gasteiger partial charge on any atom is 0.417 e. The molecule has 0 unspecified atom stereocenters. The highest BCUT2D eigenvalue weighted by Gasteiger charge is 2.43. The number of hydrogen-bond acceptors (Lipinski definition) is 3. The van der Waals surface area contributed by atoms with Gasteiger partial charge in [-0.05, 0) is 26.8 Å². The Morgan fingerprint density at radius 1 is 1.62 bits per heavy atom. The molecule has 1 fully saturated rings. The van der Waals surface area contributed by atoms with Gasteiger partial charge in [0, 0.05) is 0 Å². The van der Waals surface area contributed by atoms with E-state index in [0.29, 0.717) is 0 Å². The van der Waals surface area contributed by atoms with Gasteiger partial charge < -0.3 is 4.74 Å². The van der Waals surface area contributed by atoms with E-state index in [-0.39, 0.29) is 12.5 Å². The molecule has 0 atom stereocenters. The van der Waals surface area contributed by atoms with Crippen molar-refractivity contribution < 1.29 is 14.3 Å². The average Bonchev–Trinajstić information content (AvgIpc) is 2.26. The summed E-state index contributed by atoms with van der Waals surface area (Å²) in [5.41, 5.74) is -0.534. The van der Waals surface area contributed by atoms with Crippen LogP contribution in [0.2, 0.25) is 0 Å². The maximum atomic E-state index is 11.4. The van der Waals surface area contributed by atoms with Crippen molar-refractivity contribution in [1.82, 2.24) is 4.90 Å². The maximum absolute atomic E-state index is 11.4. The van der Waals surface area contributed by atoms with Crippen LogP contribution in [0.25, 0.3) is 0 Å². The van der Waals surface area contributed by atoms with E-state index in [1.54, 1.807) is 26.8 Å². The molecule has 0 radical (unpaired) electrons. The van der Waals surface area contributed by atoms with Gasteiger partial charge in [-0.1, -0.05) is 6.08 Å². The zero-order valence-corrected chi connectivity index (χ0v) is 8.03. The molecule has 0 aromatic heterocycles. The molecule has 0 aromatic carbocycles. The topological polar surface area (TPSA) is 46.6 Å². The third kappa shape index (κ3) is 1.71. The van der Waals surface area contributed by atoms with E-state index >= 15 is 0 Å². The normalized spacial score (nSPS) is 20.8. The van der Waals surface area contributed by atoms with Crippen LogP contribution in [0.4, 0.5) is 4.79 Å². The van der Waals surface area contributed by atoms with Crippen LogP contribution in [0.3, 0.4) is 0 Å². The minimum Gasteiger partial charge on any atom is -0.447 e. The summed E-state index contributed by atoms with van der Waals surface area (Å²) in [6, 6.07) is 0. The van der Waals surface area contributed by atoms with E-state index in [0.717, 1.165) is 4.90 Å². The molecule has 1 saturated heterocycles. The molecule has 13 heavy (non-hydrogen) atoms. The van der Waals surface area contributed by atoms with Gasteiger partial charge in [0.25, 0.3) is 5.91 Å². The number of imide groups is 1. The molecular weight excluding hydrogens is 170 g/mol. The second kappa shape index (κ2) is 3.20. The number of carbonyl (C=O) groups is 2. The predicted molar refractivity (Wildman–Crippen MR) is 47.1 cm³/mol. The van der Waals surface area contributed by atoms with Crippen LogP contribution < -0.4 is 0 Å². The fourth-order valence-corrected chi connectivity index (χ4v) is 1.22. The Bertz CT molecular complexity index is 268. The van der Waals surface area contributed by atoms with Gasteiger partial charge in [-0.3, -0.25) is 4.79 Å². The molecule has 0 N–H and O–H groups in total. The van der Waals surface area contributed by atoms with E-state index in [1.807, 2.05) is 0 Å². The second-order valence-electron chi connectivity index (χ2n) is 3.54. The zero-order valence-electron chi connectivity index (χ0n) is 8.03. The summed E-state index contributed by atoms with van der Waals surface area (Å²) in [6.45, 7) is 5.57. The van der Waals surface area contributed by atoms with E-state index in [9.17, 15) is 9.59 Å². The molecule has 1 aliphatic heterocycles. The third-order valence-corrected chi connectivity index (χ3v) is 1.87. The highest BCUT2D eigenvalue weighted by molar-refractivity contribution is 6.00. The van der Waals surface area contributed by atoms with Crippen LogP contribution in [0.1, 0.15) is 20.8 Å². The molecule has 4 heteroatoms. The zero-order chi connectivity index (χ0) is 10.1. The molecular formula is C9H13NO3. The highest BCUT2D eigenvalue weighted by atomic mass is 16.6. The van der Waals surface area contributed by atoms with Crippen LogP contribution >= 0.6 is 0 Å². The molecule has 1 aliphatic rings. The molecule has 4 nitrogen and oxygen atoms in total. The largest absolute Gasteiger partial charge is 0.447 e. The number of hydrogen-bond donors (Lipinski definition) is 0. The summed E-state index contributed by atoms with van der Waals surface area (Å²) >= 11 is 0. The summed E-state index contributed by atoms with van der Waals surface area (Å²) in [5.74, 6) is -0.324. The Balaban J connectivity index is 2.88. The van der Waals surface area contributed by atoms with Gasteiger partial charge in [-0.15, -0.1) is 0 Å². The van der Waals surface area contributed by atoms with Crippen molar-refractivity contribution in [2.45, 2.75) is 26.3 Å². The minimum absolute atomic E-state index is 0.259. The third-order valence-electron chi connectivity index (χ3n) is 1.87. The van der Waals surface area contributed by atoms with Crippen molar-refractivity contribution in [3.8, 4) is 0 Å². The van der Waals surface area contributed by atoms with E-state index in [1.165, 1.54) is 6.08 Å². The van der Waals surface area contributed by atoms with Gasteiger partial charge >= 0.3 is 6.09 Å². The molecule has 2 amide bonds. The van der Waals surface area contributed by atoms with Crippen LogP contribution in [-0.2, 0) is 9.53 Å². The van der Waals surface area contributed by atoms with Crippen molar-refractivity contribution in [3.05, 3.63) is 12.2 Å². The molecule has 0 aliphatic carbocycles. The lowest BCUT2D eigenvalue weighted by atomic mass is 10.1. The Kier molecular flexibility index (Phi) is 2.40. The molecule has 1 rings (SSSR count). The smallest absolute Gasteiger partial charge is 0.417 e. The molecule has 72 valence electrons. The van der Waals surface area contributed by atoms with Crippen LogP contribution in [-0.4, -0.2) is 29.0 Å². The first-order valence-corrected chi connectivity index (χ1v) is 4.12.